The number of hydroxylamine groups is 2. The lowest BCUT2D eigenvalue weighted by Crippen LogP contribution is -2.58. The minimum Gasteiger partial charge on any atom is -0.274 e. The smallest absolute Gasteiger partial charge is 0.214 e. The molecule has 2 aromatic rings. The monoisotopic (exact) mass is 447 g/mol. The summed E-state index contributed by atoms with van der Waals surface area (Å²) in [6.45, 7) is 0.0727. The van der Waals surface area contributed by atoms with Crippen LogP contribution in [0.4, 0.5) is 0 Å². The second-order valence-corrected chi connectivity index (χ2v) is 12.9. The zero-order valence-electron chi connectivity index (χ0n) is 16.6. The Hall–Kier alpha value is -1.74. The molecule has 0 aromatic heterocycles. The molecule has 2 saturated heterocycles. The molecule has 1 aliphatic carbocycles. The topological polar surface area (TPSA) is 80.8 Å². The Morgan fingerprint density at radius 3 is 1.97 bits per heavy atom. The average molecular weight is 448 g/mol. The molecule has 3 unspecified atom stereocenters. The molecule has 2 aromatic carbocycles. The van der Waals surface area contributed by atoms with Crippen molar-refractivity contribution in [3.8, 4) is 0 Å². The summed E-state index contributed by atoms with van der Waals surface area (Å²) in [5.41, 5.74) is -0.400. The van der Waals surface area contributed by atoms with E-state index in [1.807, 2.05) is 0 Å². The van der Waals surface area contributed by atoms with Crippen LogP contribution in [0.5, 0.6) is 0 Å². The van der Waals surface area contributed by atoms with Gasteiger partial charge in [0.2, 0.25) is 14.8 Å². The Morgan fingerprint density at radius 2 is 1.37 bits per heavy atom. The minimum absolute atomic E-state index is 0.0727. The number of hydrogen-bond acceptors (Lipinski definition) is 6. The van der Waals surface area contributed by atoms with Crippen LogP contribution in [0.25, 0.3) is 0 Å². The lowest BCUT2D eigenvalue weighted by atomic mass is 9.76. The number of piperidine rings is 1. The Balaban J connectivity index is 1.66. The highest BCUT2D eigenvalue weighted by Crippen LogP contribution is 2.58. The summed E-state index contributed by atoms with van der Waals surface area (Å²) < 4.78 is 55.0. The lowest BCUT2D eigenvalue weighted by molar-refractivity contribution is -0.159. The van der Waals surface area contributed by atoms with E-state index in [2.05, 4.69) is 0 Å². The third kappa shape index (κ3) is 2.74. The summed E-state index contributed by atoms with van der Waals surface area (Å²) >= 11 is 0. The first-order valence-corrected chi connectivity index (χ1v) is 13.4. The van der Waals surface area contributed by atoms with Crippen molar-refractivity contribution in [1.29, 1.82) is 0 Å². The van der Waals surface area contributed by atoms with Gasteiger partial charge in [0.1, 0.15) is 5.25 Å². The van der Waals surface area contributed by atoms with Gasteiger partial charge in [0, 0.05) is 13.0 Å². The predicted molar refractivity (Wildman–Crippen MR) is 112 cm³/mol. The SMILES string of the molecule is O=S(=O)(c1ccccc1)C1CN2OC1(S(=O)(=O)c1ccccc1)CC21CCCCC1. The Kier molecular flexibility index (Phi) is 4.63. The van der Waals surface area contributed by atoms with Gasteiger partial charge in [-0.2, -0.15) is 5.06 Å². The number of sulfone groups is 2. The molecule has 3 fully saturated rings. The van der Waals surface area contributed by atoms with E-state index in [1.165, 1.54) is 24.3 Å². The van der Waals surface area contributed by atoms with Gasteiger partial charge in [-0.05, 0) is 37.1 Å². The lowest BCUT2D eigenvalue weighted by Gasteiger charge is -2.43. The Morgan fingerprint density at radius 1 is 0.800 bits per heavy atom. The van der Waals surface area contributed by atoms with Crippen LogP contribution < -0.4 is 0 Å². The van der Waals surface area contributed by atoms with E-state index in [-0.39, 0.29) is 22.8 Å². The van der Waals surface area contributed by atoms with Crippen molar-refractivity contribution in [3.05, 3.63) is 60.7 Å². The summed E-state index contributed by atoms with van der Waals surface area (Å²) in [5, 5.41) is 0.530. The predicted octanol–water partition coefficient (Wildman–Crippen LogP) is 3.35. The molecule has 6 nitrogen and oxygen atoms in total. The van der Waals surface area contributed by atoms with Crippen molar-refractivity contribution in [2.24, 2.45) is 0 Å². The van der Waals surface area contributed by atoms with Crippen molar-refractivity contribution < 1.29 is 21.7 Å². The fraction of sp³-hybridized carbons (Fsp3) is 0.455. The van der Waals surface area contributed by atoms with E-state index < -0.39 is 35.4 Å². The van der Waals surface area contributed by atoms with E-state index >= 15 is 0 Å². The van der Waals surface area contributed by atoms with E-state index in [4.69, 9.17) is 4.84 Å². The molecule has 0 amide bonds. The van der Waals surface area contributed by atoms with E-state index in [9.17, 15) is 16.8 Å². The van der Waals surface area contributed by atoms with Crippen LogP contribution in [0.3, 0.4) is 0 Å². The number of fused-ring (bicyclic) bond motifs is 3. The molecule has 2 aliphatic heterocycles. The van der Waals surface area contributed by atoms with Crippen molar-refractivity contribution in [2.45, 2.75) is 64.0 Å². The molecule has 5 rings (SSSR count). The van der Waals surface area contributed by atoms with Crippen molar-refractivity contribution >= 4 is 19.7 Å². The normalized spacial score (nSPS) is 30.5. The summed E-state index contributed by atoms with van der Waals surface area (Å²) in [7, 11) is -7.99. The molecule has 1 spiro atoms. The fourth-order valence-electron chi connectivity index (χ4n) is 5.42. The second kappa shape index (κ2) is 6.88. The number of benzene rings is 2. The zero-order chi connectivity index (χ0) is 21.0. The maximum Gasteiger partial charge on any atom is 0.214 e. The Bertz CT molecular complexity index is 1140. The van der Waals surface area contributed by atoms with Gasteiger partial charge >= 0.3 is 0 Å². The number of nitrogens with zero attached hydrogens (tertiary/aromatic N) is 1. The fourth-order valence-corrected chi connectivity index (χ4v) is 9.95. The van der Waals surface area contributed by atoms with E-state index in [0.29, 0.717) is 0 Å². The summed E-state index contributed by atoms with van der Waals surface area (Å²) in [4.78, 5) is 4.59. The van der Waals surface area contributed by atoms with Crippen LogP contribution in [-0.4, -0.2) is 44.2 Å². The molecular formula is C22H25NO5S2. The largest absolute Gasteiger partial charge is 0.274 e. The van der Waals surface area contributed by atoms with Crippen molar-refractivity contribution in [2.75, 3.05) is 6.54 Å². The van der Waals surface area contributed by atoms with Crippen molar-refractivity contribution in [1.82, 2.24) is 5.06 Å². The standard InChI is InChI=1S/C22H25NO5S2/c24-29(25,18-10-4-1-5-11-18)20-16-23-21(14-8-3-9-15-21)17-22(20,28-23)30(26,27)19-12-6-2-7-13-19/h1-2,4-7,10-13,20H,3,8-9,14-17H2. The van der Waals surface area contributed by atoms with Gasteiger partial charge in [-0.25, -0.2) is 16.8 Å². The quantitative estimate of drug-likeness (QED) is 0.715. The molecule has 3 atom stereocenters. The van der Waals surface area contributed by atoms with Crippen LogP contribution in [0, 0.1) is 0 Å². The van der Waals surface area contributed by atoms with Crippen molar-refractivity contribution in [3.63, 3.8) is 0 Å². The van der Waals surface area contributed by atoms with Crippen LogP contribution >= 0.6 is 0 Å². The van der Waals surface area contributed by atoms with Crippen LogP contribution in [-0.2, 0) is 24.5 Å². The number of hydrogen-bond donors (Lipinski definition) is 0. The maximum absolute atomic E-state index is 13.9. The van der Waals surface area contributed by atoms with Crippen LogP contribution in [0.15, 0.2) is 70.5 Å². The molecule has 3 aliphatic rings. The molecule has 8 heteroatoms. The molecule has 0 radical (unpaired) electrons. The zero-order valence-corrected chi connectivity index (χ0v) is 18.2. The second-order valence-electron chi connectivity index (χ2n) is 8.59. The van der Waals surface area contributed by atoms with Gasteiger partial charge in [0.15, 0.2) is 9.84 Å². The van der Waals surface area contributed by atoms with Gasteiger partial charge in [-0.1, -0.05) is 55.7 Å². The maximum atomic E-state index is 13.9. The highest BCUT2D eigenvalue weighted by molar-refractivity contribution is 7.96. The van der Waals surface area contributed by atoms with Gasteiger partial charge in [0.25, 0.3) is 0 Å². The van der Waals surface area contributed by atoms with E-state index in [0.717, 1.165) is 32.1 Å². The molecule has 0 N–H and O–H groups in total. The molecule has 160 valence electrons. The van der Waals surface area contributed by atoms with Gasteiger partial charge < -0.3 is 0 Å². The van der Waals surface area contributed by atoms with Crippen LogP contribution in [0.2, 0.25) is 0 Å². The summed E-state index contributed by atoms with van der Waals surface area (Å²) in [6, 6.07) is 16.2. The first-order valence-electron chi connectivity index (χ1n) is 10.4. The molecular weight excluding hydrogens is 422 g/mol. The average Bonchev–Trinajstić information content (AvgIpc) is 3.31. The minimum atomic E-state index is -4.07. The van der Waals surface area contributed by atoms with Crippen LogP contribution in [0.1, 0.15) is 38.5 Å². The van der Waals surface area contributed by atoms with Gasteiger partial charge in [-0.3, -0.25) is 4.84 Å². The van der Waals surface area contributed by atoms with E-state index in [1.54, 1.807) is 41.5 Å². The highest BCUT2D eigenvalue weighted by Gasteiger charge is 2.73. The first-order chi connectivity index (χ1) is 14.3. The van der Waals surface area contributed by atoms with Gasteiger partial charge in [-0.15, -0.1) is 0 Å². The summed E-state index contributed by atoms with van der Waals surface area (Å²) in [5.74, 6) is 0. The molecule has 1 saturated carbocycles. The Labute approximate surface area is 177 Å². The molecule has 2 bridgehead atoms. The summed E-state index contributed by atoms with van der Waals surface area (Å²) in [6.07, 6.45) is 4.96. The molecule has 30 heavy (non-hydrogen) atoms. The first kappa shape index (κ1) is 20.2. The third-order valence-electron chi connectivity index (χ3n) is 6.93. The van der Waals surface area contributed by atoms with Gasteiger partial charge in [0.05, 0.1) is 15.3 Å². The molecule has 2 heterocycles. The highest BCUT2D eigenvalue weighted by atomic mass is 32.2. The number of rotatable bonds is 4. The third-order valence-corrected chi connectivity index (χ3v) is 11.6.